The average Bonchev–Trinajstić information content (AvgIpc) is 3.21. The predicted octanol–water partition coefficient (Wildman–Crippen LogP) is 5.06. The molecule has 4 aromatic rings. The highest BCUT2D eigenvalue weighted by molar-refractivity contribution is 5.64. The van der Waals surface area contributed by atoms with Gasteiger partial charge in [-0.25, -0.2) is 23.7 Å². The van der Waals surface area contributed by atoms with Crippen molar-refractivity contribution in [3.8, 4) is 22.6 Å². The third kappa shape index (κ3) is 2.68. The first-order valence-corrected chi connectivity index (χ1v) is 11.2. The lowest BCUT2D eigenvalue weighted by molar-refractivity contribution is 0.243. The standard InChI is InChI=1S/C26H22F2N6/c1-25(2)16-8-10-26(25,20-9-11-30-24(32-20)14-6-7-21(29)31-13-14)23-15(16)12-19(33-34-23)22-17(27)4-3-5-18(22)28/h3-7,9,11-13,16H,8,10H2,1-2H3,(H2,29,31)/t16-,26-/m0/s1. The van der Waals surface area contributed by atoms with E-state index in [1.54, 1.807) is 18.5 Å². The first-order chi connectivity index (χ1) is 16.3. The Bertz CT molecular complexity index is 1420. The van der Waals surface area contributed by atoms with Crippen LogP contribution in [0.4, 0.5) is 14.6 Å². The van der Waals surface area contributed by atoms with Crippen LogP contribution in [0.3, 0.4) is 0 Å². The van der Waals surface area contributed by atoms with Crippen LogP contribution >= 0.6 is 0 Å². The van der Waals surface area contributed by atoms with Crippen LogP contribution in [0.25, 0.3) is 22.6 Å². The van der Waals surface area contributed by atoms with Crippen LogP contribution in [0.15, 0.2) is 54.9 Å². The summed E-state index contributed by atoms with van der Waals surface area (Å²) in [6.07, 6.45) is 5.19. The Hall–Kier alpha value is -3.81. The highest BCUT2D eigenvalue weighted by Crippen LogP contribution is 2.69. The molecule has 2 aliphatic rings. The number of nitrogens with two attached hydrogens (primary N) is 1. The van der Waals surface area contributed by atoms with Crippen molar-refractivity contribution in [1.82, 2.24) is 25.1 Å². The normalized spacial score (nSPS) is 22.1. The van der Waals surface area contributed by atoms with Crippen molar-refractivity contribution in [2.45, 2.75) is 38.0 Å². The van der Waals surface area contributed by atoms with Gasteiger partial charge in [-0.3, -0.25) is 0 Å². The smallest absolute Gasteiger partial charge is 0.160 e. The maximum atomic E-state index is 14.5. The van der Waals surface area contributed by atoms with E-state index in [-0.39, 0.29) is 22.6 Å². The molecule has 1 fully saturated rings. The summed E-state index contributed by atoms with van der Waals surface area (Å²) in [5, 5.41) is 8.88. The second-order valence-corrected chi connectivity index (χ2v) is 9.59. The lowest BCUT2D eigenvalue weighted by atomic mass is 9.66. The molecular formula is C26H22F2N6. The summed E-state index contributed by atoms with van der Waals surface area (Å²) < 4.78 is 28.9. The van der Waals surface area contributed by atoms with Gasteiger partial charge in [-0.1, -0.05) is 19.9 Å². The summed E-state index contributed by atoms with van der Waals surface area (Å²) in [6, 6.07) is 11.1. The van der Waals surface area contributed by atoms with E-state index in [0.29, 0.717) is 11.6 Å². The Labute approximate surface area is 195 Å². The third-order valence-electron chi connectivity index (χ3n) is 7.74. The predicted molar refractivity (Wildman–Crippen MR) is 124 cm³/mol. The fraction of sp³-hybridized carbons (Fsp3) is 0.269. The molecule has 2 aliphatic carbocycles. The minimum atomic E-state index is -0.649. The molecule has 2 atom stereocenters. The number of nitrogens with zero attached hydrogens (tertiary/aromatic N) is 5. The molecule has 2 N–H and O–H groups in total. The van der Waals surface area contributed by atoms with Crippen LogP contribution in [0.1, 0.15) is 49.6 Å². The Kier molecular flexibility index (Phi) is 4.33. The van der Waals surface area contributed by atoms with Gasteiger partial charge in [0, 0.05) is 18.0 Å². The summed E-state index contributed by atoms with van der Waals surface area (Å²) >= 11 is 0. The van der Waals surface area contributed by atoms with E-state index in [1.165, 1.54) is 18.2 Å². The number of benzene rings is 1. The highest BCUT2D eigenvalue weighted by atomic mass is 19.1. The van der Waals surface area contributed by atoms with Crippen LogP contribution in [0, 0.1) is 17.0 Å². The number of hydrogen-bond acceptors (Lipinski definition) is 6. The zero-order chi connectivity index (χ0) is 23.7. The van der Waals surface area contributed by atoms with Gasteiger partial charge < -0.3 is 5.73 Å². The summed E-state index contributed by atoms with van der Waals surface area (Å²) in [5.74, 6) is -0.138. The van der Waals surface area contributed by atoms with Gasteiger partial charge in [-0.2, -0.15) is 5.10 Å². The van der Waals surface area contributed by atoms with Crippen LogP contribution in [0.5, 0.6) is 0 Å². The lowest BCUT2D eigenvalue weighted by Gasteiger charge is -2.37. The fourth-order valence-corrected chi connectivity index (χ4v) is 6.03. The van der Waals surface area contributed by atoms with Crippen LogP contribution < -0.4 is 5.73 Å². The molecule has 170 valence electrons. The van der Waals surface area contributed by atoms with Crippen LogP contribution in [-0.2, 0) is 5.41 Å². The van der Waals surface area contributed by atoms with E-state index in [4.69, 9.17) is 10.7 Å². The van der Waals surface area contributed by atoms with Gasteiger partial charge in [0.2, 0.25) is 0 Å². The van der Waals surface area contributed by atoms with Crippen molar-refractivity contribution < 1.29 is 8.78 Å². The molecule has 0 spiro atoms. The van der Waals surface area contributed by atoms with Crippen molar-refractivity contribution in [1.29, 1.82) is 0 Å². The summed E-state index contributed by atoms with van der Waals surface area (Å²) in [4.78, 5) is 13.6. The second-order valence-electron chi connectivity index (χ2n) is 9.59. The summed E-state index contributed by atoms with van der Waals surface area (Å²) in [7, 11) is 0. The van der Waals surface area contributed by atoms with Crippen LogP contribution in [-0.4, -0.2) is 25.1 Å². The highest BCUT2D eigenvalue weighted by Gasteiger charge is 2.65. The minimum Gasteiger partial charge on any atom is -0.384 e. The molecule has 6 rings (SSSR count). The van der Waals surface area contributed by atoms with Gasteiger partial charge in [0.15, 0.2) is 5.82 Å². The van der Waals surface area contributed by atoms with Gasteiger partial charge in [0.1, 0.15) is 17.5 Å². The van der Waals surface area contributed by atoms with Gasteiger partial charge in [-0.05, 0) is 66.1 Å². The van der Waals surface area contributed by atoms with Gasteiger partial charge in [0.25, 0.3) is 0 Å². The van der Waals surface area contributed by atoms with Crippen molar-refractivity contribution in [2.24, 2.45) is 5.41 Å². The first-order valence-electron chi connectivity index (χ1n) is 11.2. The second kappa shape index (κ2) is 7.09. The Morgan fingerprint density at radius 1 is 1.00 bits per heavy atom. The fourth-order valence-electron chi connectivity index (χ4n) is 6.03. The Morgan fingerprint density at radius 2 is 1.79 bits per heavy atom. The molecule has 2 bridgehead atoms. The van der Waals surface area contributed by atoms with Crippen molar-refractivity contribution in [2.75, 3.05) is 5.73 Å². The van der Waals surface area contributed by atoms with Crippen molar-refractivity contribution in [3.63, 3.8) is 0 Å². The van der Waals surface area contributed by atoms with Gasteiger partial charge >= 0.3 is 0 Å². The molecular weight excluding hydrogens is 434 g/mol. The zero-order valence-electron chi connectivity index (χ0n) is 18.8. The van der Waals surface area contributed by atoms with Crippen molar-refractivity contribution in [3.05, 3.63) is 83.4 Å². The van der Waals surface area contributed by atoms with Gasteiger partial charge in [0.05, 0.1) is 28.1 Å². The Balaban J connectivity index is 1.51. The molecule has 0 aliphatic heterocycles. The molecule has 0 unspecified atom stereocenters. The SMILES string of the molecule is CC1(C)[C@H]2CC[C@]1(c1ccnc(-c3ccc(N)nc3)n1)c1nnc(-c3c(F)cccc3F)cc12. The number of anilines is 1. The largest absolute Gasteiger partial charge is 0.384 e. The summed E-state index contributed by atoms with van der Waals surface area (Å²) in [6.45, 7) is 4.42. The number of aromatic nitrogens is 5. The van der Waals surface area contributed by atoms with E-state index >= 15 is 0 Å². The van der Waals surface area contributed by atoms with Gasteiger partial charge in [-0.15, -0.1) is 5.10 Å². The van der Waals surface area contributed by atoms with E-state index in [9.17, 15) is 8.78 Å². The molecule has 8 heteroatoms. The molecule has 3 aromatic heterocycles. The minimum absolute atomic E-state index is 0.146. The van der Waals surface area contributed by atoms with E-state index in [2.05, 4.69) is 34.0 Å². The summed E-state index contributed by atoms with van der Waals surface area (Å²) in [5.41, 5.74) is 8.54. The van der Waals surface area contributed by atoms with Crippen LogP contribution in [0.2, 0.25) is 0 Å². The molecule has 0 radical (unpaired) electrons. The Morgan fingerprint density at radius 3 is 2.53 bits per heavy atom. The van der Waals surface area contributed by atoms with E-state index < -0.39 is 17.0 Å². The maximum Gasteiger partial charge on any atom is 0.160 e. The molecule has 6 nitrogen and oxygen atoms in total. The number of halogens is 2. The molecule has 0 saturated heterocycles. The third-order valence-corrected chi connectivity index (χ3v) is 7.74. The van der Waals surface area contributed by atoms with E-state index in [0.717, 1.165) is 35.4 Å². The number of fused-ring (bicyclic) bond motifs is 5. The number of pyridine rings is 1. The lowest BCUT2D eigenvalue weighted by Crippen LogP contribution is -2.38. The zero-order valence-corrected chi connectivity index (χ0v) is 18.8. The maximum absolute atomic E-state index is 14.5. The quantitative estimate of drug-likeness (QED) is 0.463. The molecule has 1 aromatic carbocycles. The molecule has 3 heterocycles. The number of hydrogen-bond donors (Lipinski definition) is 1. The molecule has 0 amide bonds. The molecule has 34 heavy (non-hydrogen) atoms. The monoisotopic (exact) mass is 456 g/mol. The molecule has 1 saturated carbocycles. The average molecular weight is 457 g/mol. The topological polar surface area (TPSA) is 90.5 Å². The van der Waals surface area contributed by atoms with E-state index in [1.807, 2.05) is 18.2 Å². The van der Waals surface area contributed by atoms with Crippen molar-refractivity contribution >= 4 is 5.82 Å². The number of nitrogen functional groups attached to an aromatic ring is 1. The number of rotatable bonds is 3. The first kappa shape index (κ1) is 20.8.